The third-order valence-corrected chi connectivity index (χ3v) is 2.55. The van der Waals surface area contributed by atoms with Gasteiger partial charge in [0.25, 0.3) is 0 Å². The van der Waals surface area contributed by atoms with Crippen molar-refractivity contribution in [3.8, 4) is 0 Å². The molecule has 0 aliphatic heterocycles. The van der Waals surface area contributed by atoms with Gasteiger partial charge in [-0.15, -0.1) is 0 Å². The Morgan fingerprint density at radius 3 is 2.82 bits per heavy atom. The van der Waals surface area contributed by atoms with Crippen molar-refractivity contribution in [2.24, 2.45) is 0 Å². The van der Waals surface area contributed by atoms with Crippen LogP contribution in [-0.4, -0.2) is 42.7 Å². The predicted molar refractivity (Wildman–Crippen MR) is 68.9 cm³/mol. The van der Waals surface area contributed by atoms with Gasteiger partial charge in [0, 0.05) is 52.2 Å². The molecule has 96 valence electrons. The maximum absolute atomic E-state index is 11.2. The third-order valence-electron chi connectivity index (χ3n) is 2.55. The van der Waals surface area contributed by atoms with Crippen molar-refractivity contribution in [3.63, 3.8) is 0 Å². The van der Waals surface area contributed by atoms with Gasteiger partial charge in [0.15, 0.2) is 0 Å². The van der Waals surface area contributed by atoms with Crippen molar-refractivity contribution >= 4 is 6.03 Å². The Morgan fingerprint density at radius 2 is 2.18 bits per heavy atom. The van der Waals surface area contributed by atoms with Gasteiger partial charge in [-0.05, 0) is 19.1 Å². The number of rotatable bonds is 6. The minimum Gasteiger partial charge on any atom is -0.351 e. The SMILES string of the molecule is CCn1cccc1CNCCNC(=O)N(C)C. The van der Waals surface area contributed by atoms with E-state index in [0.717, 1.165) is 19.6 Å². The quantitative estimate of drug-likeness (QED) is 0.722. The van der Waals surface area contributed by atoms with Crippen LogP contribution in [0.15, 0.2) is 18.3 Å². The maximum atomic E-state index is 11.2. The van der Waals surface area contributed by atoms with Crippen LogP contribution in [0, 0.1) is 0 Å². The summed E-state index contributed by atoms with van der Waals surface area (Å²) >= 11 is 0. The summed E-state index contributed by atoms with van der Waals surface area (Å²) < 4.78 is 2.20. The van der Waals surface area contributed by atoms with E-state index in [2.05, 4.69) is 34.4 Å². The molecular weight excluding hydrogens is 216 g/mol. The second-order valence-electron chi connectivity index (χ2n) is 4.09. The zero-order valence-corrected chi connectivity index (χ0v) is 10.9. The molecule has 0 radical (unpaired) electrons. The lowest BCUT2D eigenvalue weighted by atomic mass is 10.4. The molecule has 1 heterocycles. The number of aromatic nitrogens is 1. The van der Waals surface area contributed by atoms with Crippen LogP contribution >= 0.6 is 0 Å². The molecule has 0 saturated carbocycles. The Balaban J connectivity index is 2.14. The Bertz CT molecular complexity index is 346. The van der Waals surface area contributed by atoms with Gasteiger partial charge in [-0.3, -0.25) is 0 Å². The molecule has 5 heteroatoms. The molecule has 5 nitrogen and oxygen atoms in total. The molecule has 1 aromatic heterocycles. The average molecular weight is 238 g/mol. The lowest BCUT2D eigenvalue weighted by Crippen LogP contribution is -2.38. The normalized spacial score (nSPS) is 10.3. The number of carbonyl (C=O) groups excluding carboxylic acids is 1. The molecule has 0 unspecified atom stereocenters. The number of nitrogens with one attached hydrogen (secondary N) is 2. The smallest absolute Gasteiger partial charge is 0.316 e. The molecule has 17 heavy (non-hydrogen) atoms. The molecule has 0 bridgehead atoms. The molecule has 0 fully saturated rings. The van der Waals surface area contributed by atoms with E-state index in [4.69, 9.17) is 0 Å². The molecule has 2 N–H and O–H groups in total. The molecule has 0 saturated heterocycles. The fourth-order valence-corrected chi connectivity index (χ4v) is 1.55. The van der Waals surface area contributed by atoms with Crippen LogP contribution in [-0.2, 0) is 13.1 Å². The molecule has 0 aliphatic carbocycles. The third kappa shape index (κ3) is 4.48. The van der Waals surface area contributed by atoms with Crippen LogP contribution in [0.3, 0.4) is 0 Å². The van der Waals surface area contributed by atoms with Gasteiger partial charge < -0.3 is 20.1 Å². The van der Waals surface area contributed by atoms with Gasteiger partial charge in [0.05, 0.1) is 0 Å². The number of aryl methyl sites for hydroxylation is 1. The van der Waals surface area contributed by atoms with Crippen molar-refractivity contribution in [2.45, 2.75) is 20.0 Å². The number of hydrogen-bond acceptors (Lipinski definition) is 2. The van der Waals surface area contributed by atoms with Crippen molar-refractivity contribution in [1.29, 1.82) is 0 Å². The monoisotopic (exact) mass is 238 g/mol. The number of amides is 2. The average Bonchev–Trinajstić information content (AvgIpc) is 2.75. The van der Waals surface area contributed by atoms with Gasteiger partial charge in [-0.1, -0.05) is 0 Å². The summed E-state index contributed by atoms with van der Waals surface area (Å²) in [5.41, 5.74) is 1.27. The highest BCUT2D eigenvalue weighted by Crippen LogP contribution is 2.00. The summed E-state index contributed by atoms with van der Waals surface area (Å²) in [6, 6.07) is 4.10. The summed E-state index contributed by atoms with van der Waals surface area (Å²) in [7, 11) is 3.47. The van der Waals surface area contributed by atoms with Gasteiger partial charge >= 0.3 is 6.03 Å². The maximum Gasteiger partial charge on any atom is 0.316 e. The van der Waals surface area contributed by atoms with E-state index in [9.17, 15) is 4.79 Å². The van der Waals surface area contributed by atoms with E-state index in [1.807, 2.05) is 6.07 Å². The highest BCUT2D eigenvalue weighted by Gasteiger charge is 2.01. The van der Waals surface area contributed by atoms with E-state index >= 15 is 0 Å². The van der Waals surface area contributed by atoms with E-state index in [1.165, 1.54) is 10.6 Å². The second-order valence-corrected chi connectivity index (χ2v) is 4.09. The van der Waals surface area contributed by atoms with Crippen LogP contribution in [0.4, 0.5) is 4.79 Å². The topological polar surface area (TPSA) is 49.3 Å². The van der Waals surface area contributed by atoms with Crippen molar-refractivity contribution < 1.29 is 4.79 Å². The molecule has 0 spiro atoms. The molecular formula is C12H22N4O. The molecule has 2 amide bonds. The number of hydrogen-bond donors (Lipinski definition) is 2. The van der Waals surface area contributed by atoms with Gasteiger partial charge in [0.1, 0.15) is 0 Å². The van der Waals surface area contributed by atoms with E-state index in [1.54, 1.807) is 14.1 Å². The van der Waals surface area contributed by atoms with Crippen LogP contribution < -0.4 is 10.6 Å². The number of nitrogens with zero attached hydrogens (tertiary/aromatic N) is 2. The van der Waals surface area contributed by atoms with Gasteiger partial charge in [0.2, 0.25) is 0 Å². The molecule has 0 aromatic carbocycles. The van der Waals surface area contributed by atoms with E-state index in [0.29, 0.717) is 6.54 Å². The van der Waals surface area contributed by atoms with Crippen LogP contribution in [0.25, 0.3) is 0 Å². The van der Waals surface area contributed by atoms with Crippen LogP contribution in [0.5, 0.6) is 0 Å². The van der Waals surface area contributed by atoms with Crippen molar-refractivity contribution in [1.82, 2.24) is 20.1 Å². The summed E-state index contributed by atoms with van der Waals surface area (Å²) in [6.45, 7) is 5.36. The largest absolute Gasteiger partial charge is 0.351 e. The molecule has 0 atom stereocenters. The Kier molecular flexibility index (Phi) is 5.56. The van der Waals surface area contributed by atoms with E-state index < -0.39 is 0 Å². The lowest BCUT2D eigenvalue weighted by molar-refractivity contribution is 0.217. The Labute approximate surface area is 103 Å². The standard InChI is InChI=1S/C12H22N4O/c1-4-16-9-5-6-11(16)10-13-7-8-14-12(17)15(2)3/h5-6,9,13H,4,7-8,10H2,1-3H3,(H,14,17). The number of urea groups is 1. The minimum atomic E-state index is -0.0521. The molecule has 0 aliphatic rings. The highest BCUT2D eigenvalue weighted by atomic mass is 16.2. The van der Waals surface area contributed by atoms with Crippen molar-refractivity contribution in [2.75, 3.05) is 27.2 Å². The zero-order valence-electron chi connectivity index (χ0n) is 10.9. The Morgan fingerprint density at radius 1 is 1.41 bits per heavy atom. The van der Waals surface area contributed by atoms with Crippen LogP contribution in [0.1, 0.15) is 12.6 Å². The first-order valence-electron chi connectivity index (χ1n) is 5.95. The first-order valence-corrected chi connectivity index (χ1v) is 5.95. The first-order chi connectivity index (χ1) is 8.15. The fraction of sp³-hybridized carbons (Fsp3) is 0.583. The summed E-state index contributed by atoms with van der Waals surface area (Å²) in [5, 5.41) is 6.11. The number of carbonyl (C=O) groups is 1. The van der Waals surface area contributed by atoms with E-state index in [-0.39, 0.29) is 6.03 Å². The Hall–Kier alpha value is -1.49. The van der Waals surface area contributed by atoms with Gasteiger partial charge in [-0.25, -0.2) is 4.79 Å². The second kappa shape index (κ2) is 6.96. The predicted octanol–water partition coefficient (Wildman–Crippen LogP) is 0.869. The lowest BCUT2D eigenvalue weighted by Gasteiger charge is -2.12. The molecule has 1 aromatic rings. The minimum absolute atomic E-state index is 0.0521. The zero-order chi connectivity index (χ0) is 12.7. The summed E-state index contributed by atoms with van der Waals surface area (Å²) in [5.74, 6) is 0. The summed E-state index contributed by atoms with van der Waals surface area (Å²) in [4.78, 5) is 12.7. The fourth-order valence-electron chi connectivity index (χ4n) is 1.55. The first kappa shape index (κ1) is 13.6. The van der Waals surface area contributed by atoms with Crippen molar-refractivity contribution in [3.05, 3.63) is 24.0 Å². The molecule has 1 rings (SSSR count). The summed E-state index contributed by atoms with van der Waals surface area (Å²) in [6.07, 6.45) is 2.07. The van der Waals surface area contributed by atoms with Gasteiger partial charge in [-0.2, -0.15) is 0 Å². The highest BCUT2D eigenvalue weighted by molar-refractivity contribution is 5.73. The van der Waals surface area contributed by atoms with Crippen LogP contribution in [0.2, 0.25) is 0 Å².